The first-order chi connectivity index (χ1) is 7.54. The van der Waals surface area contributed by atoms with Gasteiger partial charge >= 0.3 is 0 Å². The first-order valence-electron chi connectivity index (χ1n) is 5.58. The molecule has 4 heteroatoms. The highest BCUT2D eigenvalue weighted by Gasteiger charge is 2.33. The maximum atomic E-state index is 12.3. The first kappa shape index (κ1) is 12.8. The number of rotatable bonds is 5. The van der Waals surface area contributed by atoms with Crippen molar-refractivity contribution in [1.29, 1.82) is 0 Å². The monoisotopic (exact) mass is 221 g/mol. The van der Waals surface area contributed by atoms with Crippen LogP contribution in [0.4, 0.5) is 0 Å². The van der Waals surface area contributed by atoms with Crippen LogP contribution >= 0.6 is 0 Å². The SMILES string of the molecule is CCN(CC)C(C)(C)C(=O)c1cncnc1. The molecule has 0 saturated carbocycles. The summed E-state index contributed by atoms with van der Waals surface area (Å²) in [5.41, 5.74) is 0.0631. The molecule has 0 aromatic carbocycles. The summed E-state index contributed by atoms with van der Waals surface area (Å²) in [6.45, 7) is 9.69. The number of nitrogens with zero attached hydrogens (tertiary/aromatic N) is 3. The lowest BCUT2D eigenvalue weighted by Gasteiger charge is -2.35. The molecule has 0 radical (unpaired) electrons. The molecule has 0 unspecified atom stereocenters. The van der Waals surface area contributed by atoms with Crippen LogP contribution in [-0.4, -0.2) is 39.3 Å². The molecule has 0 amide bonds. The van der Waals surface area contributed by atoms with Crippen molar-refractivity contribution in [3.8, 4) is 0 Å². The molecule has 1 aromatic heterocycles. The number of likely N-dealkylation sites (N-methyl/N-ethyl adjacent to an activating group) is 1. The largest absolute Gasteiger partial charge is 0.292 e. The van der Waals surface area contributed by atoms with Gasteiger partial charge in [0.15, 0.2) is 5.78 Å². The molecule has 0 aliphatic heterocycles. The minimum Gasteiger partial charge on any atom is -0.292 e. The van der Waals surface area contributed by atoms with E-state index in [1.54, 1.807) is 12.4 Å². The van der Waals surface area contributed by atoms with Gasteiger partial charge < -0.3 is 0 Å². The van der Waals surface area contributed by atoms with Crippen LogP contribution < -0.4 is 0 Å². The van der Waals surface area contributed by atoms with E-state index in [1.807, 2.05) is 13.8 Å². The molecule has 0 bridgehead atoms. The van der Waals surface area contributed by atoms with Crippen molar-refractivity contribution in [2.24, 2.45) is 0 Å². The molecule has 16 heavy (non-hydrogen) atoms. The van der Waals surface area contributed by atoms with Crippen LogP contribution in [0.3, 0.4) is 0 Å². The Kier molecular flexibility index (Phi) is 4.12. The molecule has 1 aromatic rings. The summed E-state index contributed by atoms with van der Waals surface area (Å²) in [5.74, 6) is 0.0665. The average Bonchev–Trinajstić information content (AvgIpc) is 2.30. The smallest absolute Gasteiger partial charge is 0.185 e. The second-order valence-corrected chi connectivity index (χ2v) is 4.19. The Balaban J connectivity index is 2.96. The van der Waals surface area contributed by atoms with E-state index in [2.05, 4.69) is 28.7 Å². The fourth-order valence-corrected chi connectivity index (χ4v) is 1.93. The van der Waals surface area contributed by atoms with Gasteiger partial charge in [0.2, 0.25) is 0 Å². The summed E-state index contributed by atoms with van der Waals surface area (Å²) < 4.78 is 0. The van der Waals surface area contributed by atoms with Crippen LogP contribution in [-0.2, 0) is 0 Å². The molecule has 0 saturated heterocycles. The summed E-state index contributed by atoms with van der Waals surface area (Å²) in [6, 6.07) is 0. The number of carbonyl (C=O) groups excluding carboxylic acids is 1. The maximum Gasteiger partial charge on any atom is 0.185 e. The quantitative estimate of drug-likeness (QED) is 0.711. The number of hydrogen-bond acceptors (Lipinski definition) is 4. The van der Waals surface area contributed by atoms with Crippen molar-refractivity contribution in [2.45, 2.75) is 33.2 Å². The standard InChI is InChI=1S/C12H19N3O/c1-5-15(6-2)12(3,4)11(16)10-7-13-9-14-8-10/h7-9H,5-6H2,1-4H3. The molecular formula is C12H19N3O. The van der Waals surface area contributed by atoms with Crippen molar-refractivity contribution in [3.63, 3.8) is 0 Å². The Bertz CT molecular complexity index is 345. The highest BCUT2D eigenvalue weighted by atomic mass is 16.1. The van der Waals surface area contributed by atoms with E-state index in [9.17, 15) is 4.79 Å². The van der Waals surface area contributed by atoms with Crippen LogP contribution in [0, 0.1) is 0 Å². The van der Waals surface area contributed by atoms with Crippen LogP contribution in [0.5, 0.6) is 0 Å². The van der Waals surface area contributed by atoms with Gasteiger partial charge in [-0.25, -0.2) is 9.97 Å². The zero-order valence-corrected chi connectivity index (χ0v) is 10.4. The van der Waals surface area contributed by atoms with E-state index in [-0.39, 0.29) is 5.78 Å². The zero-order chi connectivity index (χ0) is 12.2. The third-order valence-electron chi connectivity index (χ3n) is 2.93. The normalized spacial score (nSPS) is 11.8. The number of Topliss-reactive ketones (excluding diaryl/α,β-unsaturated/α-hetero) is 1. The van der Waals surface area contributed by atoms with E-state index in [0.29, 0.717) is 5.56 Å². The van der Waals surface area contributed by atoms with Crippen molar-refractivity contribution in [1.82, 2.24) is 14.9 Å². The fraction of sp³-hybridized carbons (Fsp3) is 0.583. The minimum atomic E-state index is -0.506. The Labute approximate surface area is 96.7 Å². The Morgan fingerprint density at radius 2 is 1.75 bits per heavy atom. The van der Waals surface area contributed by atoms with Gasteiger partial charge in [-0.1, -0.05) is 13.8 Å². The average molecular weight is 221 g/mol. The third kappa shape index (κ3) is 2.44. The van der Waals surface area contributed by atoms with Crippen LogP contribution in [0.15, 0.2) is 18.7 Å². The van der Waals surface area contributed by atoms with E-state index < -0.39 is 5.54 Å². The lowest BCUT2D eigenvalue weighted by atomic mass is 9.92. The van der Waals surface area contributed by atoms with Crippen molar-refractivity contribution < 1.29 is 4.79 Å². The molecule has 0 atom stereocenters. The topological polar surface area (TPSA) is 46.1 Å². The minimum absolute atomic E-state index is 0.0665. The molecular weight excluding hydrogens is 202 g/mol. The summed E-state index contributed by atoms with van der Waals surface area (Å²) in [5, 5.41) is 0. The second-order valence-electron chi connectivity index (χ2n) is 4.19. The molecule has 0 fully saturated rings. The number of carbonyl (C=O) groups is 1. The lowest BCUT2D eigenvalue weighted by molar-refractivity contribution is 0.0668. The molecule has 1 heterocycles. The predicted molar refractivity (Wildman–Crippen MR) is 63.4 cm³/mol. The molecule has 88 valence electrons. The Hall–Kier alpha value is -1.29. The lowest BCUT2D eigenvalue weighted by Crippen LogP contribution is -2.49. The van der Waals surface area contributed by atoms with Crippen molar-refractivity contribution in [2.75, 3.05) is 13.1 Å². The number of aromatic nitrogens is 2. The van der Waals surface area contributed by atoms with Crippen LogP contribution in [0.1, 0.15) is 38.1 Å². The van der Waals surface area contributed by atoms with Gasteiger partial charge in [-0.2, -0.15) is 0 Å². The van der Waals surface area contributed by atoms with Gasteiger partial charge in [-0.3, -0.25) is 9.69 Å². The molecule has 4 nitrogen and oxygen atoms in total. The van der Waals surface area contributed by atoms with Crippen molar-refractivity contribution >= 4 is 5.78 Å². The number of hydrogen-bond donors (Lipinski definition) is 0. The van der Waals surface area contributed by atoms with Crippen LogP contribution in [0.25, 0.3) is 0 Å². The maximum absolute atomic E-state index is 12.3. The molecule has 0 spiro atoms. The molecule has 0 aliphatic carbocycles. The van der Waals surface area contributed by atoms with E-state index in [0.717, 1.165) is 13.1 Å². The van der Waals surface area contributed by atoms with Gasteiger partial charge in [0, 0.05) is 12.4 Å². The Morgan fingerprint density at radius 1 is 1.25 bits per heavy atom. The highest BCUT2D eigenvalue weighted by molar-refractivity contribution is 6.02. The summed E-state index contributed by atoms with van der Waals surface area (Å²) >= 11 is 0. The highest BCUT2D eigenvalue weighted by Crippen LogP contribution is 2.19. The van der Waals surface area contributed by atoms with Gasteiger partial charge in [-0.15, -0.1) is 0 Å². The predicted octanol–water partition coefficient (Wildman–Crippen LogP) is 1.78. The van der Waals surface area contributed by atoms with E-state index in [4.69, 9.17) is 0 Å². The molecule has 0 aliphatic rings. The number of ketones is 1. The first-order valence-corrected chi connectivity index (χ1v) is 5.58. The fourth-order valence-electron chi connectivity index (χ4n) is 1.93. The third-order valence-corrected chi connectivity index (χ3v) is 2.93. The second kappa shape index (κ2) is 5.16. The van der Waals surface area contributed by atoms with Crippen LogP contribution in [0.2, 0.25) is 0 Å². The zero-order valence-electron chi connectivity index (χ0n) is 10.4. The van der Waals surface area contributed by atoms with Gasteiger partial charge in [0.05, 0.1) is 11.1 Å². The van der Waals surface area contributed by atoms with Gasteiger partial charge in [0.1, 0.15) is 6.33 Å². The summed E-state index contributed by atoms with van der Waals surface area (Å²) in [6.07, 6.45) is 4.57. The summed E-state index contributed by atoms with van der Waals surface area (Å²) in [7, 11) is 0. The molecule has 0 N–H and O–H groups in total. The summed E-state index contributed by atoms with van der Waals surface area (Å²) in [4.78, 5) is 22.2. The van der Waals surface area contributed by atoms with Gasteiger partial charge in [-0.05, 0) is 26.9 Å². The molecule has 1 rings (SSSR count). The van der Waals surface area contributed by atoms with Crippen molar-refractivity contribution in [3.05, 3.63) is 24.3 Å². The van der Waals surface area contributed by atoms with Gasteiger partial charge in [0.25, 0.3) is 0 Å². The Morgan fingerprint density at radius 3 is 2.19 bits per heavy atom. The van der Waals surface area contributed by atoms with E-state index >= 15 is 0 Å². The van der Waals surface area contributed by atoms with E-state index in [1.165, 1.54) is 6.33 Å².